The summed E-state index contributed by atoms with van der Waals surface area (Å²) in [5, 5.41) is 11.9. The van der Waals surface area contributed by atoms with Crippen LogP contribution in [0.5, 0.6) is 0 Å². The van der Waals surface area contributed by atoms with Crippen molar-refractivity contribution in [2.45, 2.75) is 46.0 Å². The first kappa shape index (κ1) is 16.7. The number of nitrogens with one attached hydrogen (secondary N) is 1. The van der Waals surface area contributed by atoms with Gasteiger partial charge in [-0.2, -0.15) is 0 Å². The summed E-state index contributed by atoms with van der Waals surface area (Å²) in [5.74, 6) is 0.330. The number of amides is 1. The van der Waals surface area contributed by atoms with Gasteiger partial charge in [-0.1, -0.05) is 38.8 Å². The van der Waals surface area contributed by atoms with E-state index in [4.69, 9.17) is 5.11 Å². The maximum atomic E-state index is 12.0. The Kier molecular flexibility index (Phi) is 7.97. The molecule has 0 fully saturated rings. The standard InChI is InChI=1S/C17H27NO2/c1-3-5-6-15-7-9-16(10-8-15)17(20)18-13-14(4-2)11-12-19/h7-10,14,19H,3-6,11-13H2,1-2H3,(H,18,20). The summed E-state index contributed by atoms with van der Waals surface area (Å²) in [5.41, 5.74) is 2.00. The molecule has 0 aliphatic carbocycles. The Morgan fingerprint density at radius 1 is 1.25 bits per heavy atom. The van der Waals surface area contributed by atoms with E-state index in [0.717, 1.165) is 19.3 Å². The van der Waals surface area contributed by atoms with Crippen LogP contribution in [0.1, 0.15) is 55.5 Å². The van der Waals surface area contributed by atoms with Crippen molar-refractivity contribution in [1.82, 2.24) is 5.32 Å². The SMILES string of the molecule is CCCCc1ccc(C(=O)NCC(CC)CCO)cc1. The Bertz CT molecular complexity index is 386. The first-order valence-electron chi connectivity index (χ1n) is 7.69. The number of aliphatic hydroxyl groups is 1. The number of benzene rings is 1. The van der Waals surface area contributed by atoms with Crippen LogP contribution in [0.4, 0.5) is 0 Å². The Morgan fingerprint density at radius 2 is 1.95 bits per heavy atom. The lowest BCUT2D eigenvalue weighted by molar-refractivity contribution is 0.0943. The minimum absolute atomic E-state index is 0.0246. The molecule has 0 aliphatic rings. The van der Waals surface area contributed by atoms with Gasteiger partial charge in [0.1, 0.15) is 0 Å². The van der Waals surface area contributed by atoms with Crippen LogP contribution in [0.2, 0.25) is 0 Å². The van der Waals surface area contributed by atoms with Gasteiger partial charge in [-0.05, 0) is 42.9 Å². The Balaban J connectivity index is 2.46. The fourth-order valence-corrected chi connectivity index (χ4v) is 2.18. The molecule has 1 aromatic carbocycles. The lowest BCUT2D eigenvalue weighted by Gasteiger charge is -2.14. The number of hydrogen-bond acceptors (Lipinski definition) is 2. The smallest absolute Gasteiger partial charge is 0.251 e. The summed E-state index contributed by atoms with van der Waals surface area (Å²) >= 11 is 0. The highest BCUT2D eigenvalue weighted by molar-refractivity contribution is 5.94. The topological polar surface area (TPSA) is 49.3 Å². The molecule has 3 nitrogen and oxygen atoms in total. The van der Waals surface area contributed by atoms with E-state index in [1.165, 1.54) is 18.4 Å². The number of carbonyl (C=O) groups is 1. The van der Waals surface area contributed by atoms with Crippen LogP contribution in [0.25, 0.3) is 0 Å². The van der Waals surface area contributed by atoms with Gasteiger partial charge in [0.15, 0.2) is 0 Å². The van der Waals surface area contributed by atoms with Crippen molar-refractivity contribution in [3.63, 3.8) is 0 Å². The largest absolute Gasteiger partial charge is 0.396 e. The Morgan fingerprint density at radius 3 is 2.50 bits per heavy atom. The Hall–Kier alpha value is -1.35. The lowest BCUT2D eigenvalue weighted by atomic mass is 10.0. The van der Waals surface area contributed by atoms with E-state index in [-0.39, 0.29) is 12.5 Å². The van der Waals surface area contributed by atoms with Gasteiger partial charge in [0.25, 0.3) is 5.91 Å². The van der Waals surface area contributed by atoms with Gasteiger partial charge in [0.05, 0.1) is 0 Å². The maximum Gasteiger partial charge on any atom is 0.251 e. The highest BCUT2D eigenvalue weighted by Crippen LogP contribution is 2.09. The van der Waals surface area contributed by atoms with Gasteiger partial charge in [-0.3, -0.25) is 4.79 Å². The second kappa shape index (κ2) is 9.54. The average molecular weight is 277 g/mol. The lowest BCUT2D eigenvalue weighted by Crippen LogP contribution is -2.29. The van der Waals surface area contributed by atoms with E-state index >= 15 is 0 Å². The molecule has 3 heteroatoms. The van der Waals surface area contributed by atoms with E-state index < -0.39 is 0 Å². The third kappa shape index (κ3) is 5.74. The molecule has 0 bridgehead atoms. The molecule has 0 spiro atoms. The first-order chi connectivity index (χ1) is 9.71. The first-order valence-corrected chi connectivity index (χ1v) is 7.69. The zero-order valence-corrected chi connectivity index (χ0v) is 12.7. The molecule has 1 unspecified atom stereocenters. The van der Waals surface area contributed by atoms with E-state index in [2.05, 4.69) is 19.2 Å². The predicted octanol–water partition coefficient (Wildman–Crippen LogP) is 3.17. The molecule has 0 aromatic heterocycles. The van der Waals surface area contributed by atoms with Crippen molar-refractivity contribution in [2.75, 3.05) is 13.2 Å². The minimum atomic E-state index is -0.0246. The van der Waals surface area contributed by atoms with Crippen molar-refractivity contribution < 1.29 is 9.90 Å². The van der Waals surface area contributed by atoms with Crippen LogP contribution < -0.4 is 5.32 Å². The van der Waals surface area contributed by atoms with Crippen molar-refractivity contribution >= 4 is 5.91 Å². The normalized spacial score (nSPS) is 12.2. The molecule has 0 aliphatic heterocycles. The molecule has 0 heterocycles. The van der Waals surface area contributed by atoms with Crippen molar-refractivity contribution in [2.24, 2.45) is 5.92 Å². The summed E-state index contributed by atoms with van der Waals surface area (Å²) in [7, 11) is 0. The van der Waals surface area contributed by atoms with Crippen LogP contribution in [-0.2, 0) is 6.42 Å². The van der Waals surface area contributed by atoms with E-state index in [1.807, 2.05) is 24.3 Å². The molecule has 20 heavy (non-hydrogen) atoms. The number of carbonyl (C=O) groups excluding carboxylic acids is 1. The molecule has 0 saturated heterocycles. The van der Waals surface area contributed by atoms with Crippen LogP contribution in [0, 0.1) is 5.92 Å². The van der Waals surface area contributed by atoms with Gasteiger partial charge >= 0.3 is 0 Å². The van der Waals surface area contributed by atoms with E-state index in [9.17, 15) is 4.79 Å². The molecular formula is C17H27NO2. The number of rotatable bonds is 9. The van der Waals surface area contributed by atoms with Crippen LogP contribution in [-0.4, -0.2) is 24.2 Å². The molecule has 2 N–H and O–H groups in total. The molecule has 0 saturated carbocycles. The van der Waals surface area contributed by atoms with Gasteiger partial charge in [-0.15, -0.1) is 0 Å². The monoisotopic (exact) mass is 277 g/mol. The van der Waals surface area contributed by atoms with Crippen molar-refractivity contribution in [3.8, 4) is 0 Å². The van der Waals surface area contributed by atoms with Gasteiger partial charge in [0, 0.05) is 18.7 Å². The van der Waals surface area contributed by atoms with Crippen LogP contribution in [0.15, 0.2) is 24.3 Å². The highest BCUT2D eigenvalue weighted by Gasteiger charge is 2.09. The van der Waals surface area contributed by atoms with E-state index in [0.29, 0.717) is 18.0 Å². The molecule has 1 aromatic rings. The van der Waals surface area contributed by atoms with Gasteiger partial charge < -0.3 is 10.4 Å². The Labute approximate surface area is 122 Å². The molecule has 1 rings (SSSR count). The number of unbranched alkanes of at least 4 members (excludes halogenated alkanes) is 1. The summed E-state index contributed by atoms with van der Waals surface area (Å²) in [4.78, 5) is 12.0. The highest BCUT2D eigenvalue weighted by atomic mass is 16.3. The van der Waals surface area contributed by atoms with Gasteiger partial charge in [-0.25, -0.2) is 0 Å². The van der Waals surface area contributed by atoms with E-state index in [1.54, 1.807) is 0 Å². The average Bonchev–Trinajstić information content (AvgIpc) is 2.49. The van der Waals surface area contributed by atoms with Crippen molar-refractivity contribution in [1.29, 1.82) is 0 Å². The van der Waals surface area contributed by atoms with Crippen LogP contribution in [0.3, 0.4) is 0 Å². The quantitative estimate of drug-likeness (QED) is 0.728. The zero-order valence-electron chi connectivity index (χ0n) is 12.7. The predicted molar refractivity (Wildman–Crippen MR) is 82.9 cm³/mol. The third-order valence-electron chi connectivity index (χ3n) is 3.70. The number of aryl methyl sites for hydroxylation is 1. The molecule has 1 atom stereocenters. The molecule has 0 radical (unpaired) electrons. The summed E-state index contributed by atoms with van der Waals surface area (Å²) in [6.45, 7) is 5.07. The van der Waals surface area contributed by atoms with Crippen molar-refractivity contribution in [3.05, 3.63) is 35.4 Å². The molecular weight excluding hydrogens is 250 g/mol. The fourth-order valence-electron chi connectivity index (χ4n) is 2.18. The fraction of sp³-hybridized carbons (Fsp3) is 0.588. The number of hydrogen-bond donors (Lipinski definition) is 2. The molecule has 1 amide bonds. The summed E-state index contributed by atoms with van der Waals surface area (Å²) in [6, 6.07) is 7.87. The summed E-state index contributed by atoms with van der Waals surface area (Å²) in [6.07, 6.45) is 5.16. The maximum absolute atomic E-state index is 12.0. The number of aliphatic hydroxyl groups excluding tert-OH is 1. The zero-order chi connectivity index (χ0) is 14.8. The second-order valence-corrected chi connectivity index (χ2v) is 5.30. The minimum Gasteiger partial charge on any atom is -0.396 e. The molecule has 112 valence electrons. The second-order valence-electron chi connectivity index (χ2n) is 5.30. The van der Waals surface area contributed by atoms with Gasteiger partial charge in [0.2, 0.25) is 0 Å². The van der Waals surface area contributed by atoms with Crippen LogP contribution >= 0.6 is 0 Å². The third-order valence-corrected chi connectivity index (χ3v) is 3.70. The summed E-state index contributed by atoms with van der Waals surface area (Å²) < 4.78 is 0.